The van der Waals surface area contributed by atoms with Gasteiger partial charge in [0.05, 0.1) is 0 Å². The summed E-state index contributed by atoms with van der Waals surface area (Å²) in [4.78, 5) is 11.6. The van der Waals surface area contributed by atoms with Gasteiger partial charge in [-0.3, -0.25) is 4.79 Å². The van der Waals surface area contributed by atoms with Crippen LogP contribution < -0.4 is 5.32 Å². The summed E-state index contributed by atoms with van der Waals surface area (Å²) in [5, 5.41) is 2.99. The minimum atomic E-state index is 0.0797. The van der Waals surface area contributed by atoms with Gasteiger partial charge in [0.25, 0.3) is 0 Å². The first-order valence-electron chi connectivity index (χ1n) is 6.70. The molecule has 16 heavy (non-hydrogen) atoms. The van der Waals surface area contributed by atoms with Crippen LogP contribution in [0.5, 0.6) is 0 Å². The highest BCUT2D eigenvalue weighted by atomic mass is 16.1. The van der Waals surface area contributed by atoms with Gasteiger partial charge in [0, 0.05) is 12.5 Å². The van der Waals surface area contributed by atoms with Crippen LogP contribution in [0.2, 0.25) is 0 Å². The van der Waals surface area contributed by atoms with Crippen molar-refractivity contribution in [3.05, 3.63) is 6.92 Å². The Morgan fingerprint density at radius 1 is 1.38 bits per heavy atom. The largest absolute Gasteiger partial charge is 0.353 e. The lowest BCUT2D eigenvalue weighted by atomic mass is 10.0. The summed E-state index contributed by atoms with van der Waals surface area (Å²) in [6.45, 7) is 8.28. The van der Waals surface area contributed by atoms with Gasteiger partial charge in [-0.2, -0.15) is 0 Å². The number of nitrogens with one attached hydrogen (secondary N) is 1. The zero-order chi connectivity index (χ0) is 12.0. The summed E-state index contributed by atoms with van der Waals surface area (Å²) in [5.41, 5.74) is 0. The van der Waals surface area contributed by atoms with E-state index in [2.05, 4.69) is 26.1 Å². The van der Waals surface area contributed by atoms with Crippen molar-refractivity contribution in [3.63, 3.8) is 0 Å². The molecule has 1 aliphatic carbocycles. The molecule has 0 spiro atoms. The molecule has 0 aliphatic heterocycles. The van der Waals surface area contributed by atoms with E-state index >= 15 is 0 Å². The Balaban J connectivity index is 2.09. The van der Waals surface area contributed by atoms with Gasteiger partial charge in [-0.1, -0.05) is 39.5 Å². The van der Waals surface area contributed by atoms with E-state index in [1.165, 1.54) is 25.7 Å². The second-order valence-corrected chi connectivity index (χ2v) is 5.58. The highest BCUT2D eigenvalue weighted by Crippen LogP contribution is 2.28. The van der Waals surface area contributed by atoms with Gasteiger partial charge in [0.2, 0.25) is 5.91 Å². The summed E-state index contributed by atoms with van der Waals surface area (Å²) in [5.74, 6) is 1.59. The van der Waals surface area contributed by atoms with Gasteiger partial charge in [-0.05, 0) is 31.6 Å². The zero-order valence-corrected chi connectivity index (χ0v) is 10.8. The Bertz CT molecular complexity index is 207. The van der Waals surface area contributed by atoms with Crippen LogP contribution in [0.25, 0.3) is 0 Å². The number of rotatable bonds is 6. The zero-order valence-electron chi connectivity index (χ0n) is 10.8. The maximum absolute atomic E-state index is 11.6. The smallest absolute Gasteiger partial charge is 0.220 e. The minimum Gasteiger partial charge on any atom is -0.353 e. The van der Waals surface area contributed by atoms with Crippen LogP contribution in [0, 0.1) is 18.8 Å². The number of carbonyl (C=O) groups excluding carboxylic acids is 1. The lowest BCUT2D eigenvalue weighted by Gasteiger charge is -2.16. The van der Waals surface area contributed by atoms with E-state index in [0.29, 0.717) is 12.3 Å². The molecular weight excluding hydrogens is 198 g/mol. The second-order valence-electron chi connectivity index (χ2n) is 5.58. The predicted octanol–water partition coefficient (Wildman–Crippen LogP) is 3.32. The van der Waals surface area contributed by atoms with Gasteiger partial charge in [-0.15, -0.1) is 0 Å². The average Bonchev–Trinajstić information content (AvgIpc) is 2.65. The molecule has 1 rings (SSSR count). The highest BCUT2D eigenvalue weighted by molar-refractivity contribution is 5.76. The second kappa shape index (κ2) is 6.93. The van der Waals surface area contributed by atoms with Gasteiger partial charge in [0.15, 0.2) is 0 Å². The first-order valence-corrected chi connectivity index (χ1v) is 6.70. The summed E-state index contributed by atoms with van der Waals surface area (Å²) in [6.07, 6.45) is 8.10. The molecule has 0 aromatic heterocycles. The Morgan fingerprint density at radius 3 is 2.56 bits per heavy atom. The van der Waals surface area contributed by atoms with Crippen LogP contribution in [-0.2, 0) is 4.79 Å². The van der Waals surface area contributed by atoms with Crippen LogP contribution in [0.15, 0.2) is 0 Å². The average molecular weight is 224 g/mol. The van der Waals surface area contributed by atoms with Gasteiger partial charge in [-0.25, -0.2) is 0 Å². The summed E-state index contributed by atoms with van der Waals surface area (Å²) >= 11 is 0. The van der Waals surface area contributed by atoms with E-state index in [1.54, 1.807) is 0 Å². The molecule has 1 amide bonds. The Kier molecular flexibility index (Phi) is 5.86. The van der Waals surface area contributed by atoms with Crippen LogP contribution in [0.4, 0.5) is 0 Å². The third-order valence-corrected chi connectivity index (χ3v) is 3.38. The van der Waals surface area contributed by atoms with Gasteiger partial charge >= 0.3 is 0 Å². The molecular formula is C14H26NO. The van der Waals surface area contributed by atoms with E-state index in [1.807, 2.05) is 0 Å². The summed E-state index contributed by atoms with van der Waals surface area (Å²) in [6, 6.07) is 0.0797. The van der Waals surface area contributed by atoms with Crippen molar-refractivity contribution in [1.29, 1.82) is 0 Å². The third kappa shape index (κ3) is 5.53. The third-order valence-electron chi connectivity index (χ3n) is 3.38. The molecule has 2 nitrogen and oxygen atoms in total. The van der Waals surface area contributed by atoms with Crippen molar-refractivity contribution < 1.29 is 4.79 Å². The Labute approximate surface area is 100 Å². The van der Waals surface area contributed by atoms with E-state index in [4.69, 9.17) is 0 Å². The molecule has 1 fully saturated rings. The molecule has 93 valence electrons. The van der Waals surface area contributed by atoms with E-state index < -0.39 is 0 Å². The molecule has 0 aromatic carbocycles. The lowest BCUT2D eigenvalue weighted by molar-refractivity contribution is -0.121. The van der Waals surface area contributed by atoms with Gasteiger partial charge < -0.3 is 5.32 Å². The van der Waals surface area contributed by atoms with Crippen molar-refractivity contribution in [2.24, 2.45) is 11.8 Å². The fourth-order valence-corrected chi connectivity index (χ4v) is 2.56. The topological polar surface area (TPSA) is 29.1 Å². The number of hydrogen-bond donors (Lipinski definition) is 1. The SMILES string of the molecule is [CH2]C(CC(C)C)NC(=O)CCC1CCCC1. The van der Waals surface area contributed by atoms with E-state index in [9.17, 15) is 4.79 Å². The van der Waals surface area contributed by atoms with Crippen molar-refractivity contribution in [1.82, 2.24) is 5.32 Å². The maximum atomic E-state index is 11.6. The predicted molar refractivity (Wildman–Crippen MR) is 67.9 cm³/mol. The molecule has 1 unspecified atom stereocenters. The number of amides is 1. The Hall–Kier alpha value is -0.530. The van der Waals surface area contributed by atoms with Crippen LogP contribution in [0.1, 0.15) is 58.8 Å². The molecule has 1 atom stereocenters. The minimum absolute atomic E-state index is 0.0797. The standard InChI is InChI=1S/C14H26NO/c1-11(2)10-12(3)15-14(16)9-8-13-6-4-5-7-13/h11-13H,3-10H2,1-2H3,(H,15,16). The van der Waals surface area contributed by atoms with Crippen molar-refractivity contribution in [2.45, 2.75) is 64.8 Å². The fraction of sp³-hybridized carbons (Fsp3) is 0.857. The first kappa shape index (κ1) is 13.5. The molecule has 0 saturated heterocycles. The van der Waals surface area contributed by atoms with Crippen molar-refractivity contribution >= 4 is 5.91 Å². The first-order chi connectivity index (χ1) is 7.58. The van der Waals surface area contributed by atoms with E-state index in [0.717, 1.165) is 18.8 Å². The van der Waals surface area contributed by atoms with Crippen molar-refractivity contribution in [3.8, 4) is 0 Å². The Morgan fingerprint density at radius 2 is 2.00 bits per heavy atom. The normalized spacial score (nSPS) is 19.0. The van der Waals surface area contributed by atoms with E-state index in [-0.39, 0.29) is 11.9 Å². The molecule has 1 saturated carbocycles. The number of carbonyl (C=O) groups is 1. The van der Waals surface area contributed by atoms with Crippen LogP contribution in [-0.4, -0.2) is 11.9 Å². The summed E-state index contributed by atoms with van der Waals surface area (Å²) < 4.78 is 0. The van der Waals surface area contributed by atoms with Crippen LogP contribution >= 0.6 is 0 Å². The molecule has 1 radical (unpaired) electrons. The highest BCUT2D eigenvalue weighted by Gasteiger charge is 2.16. The quantitative estimate of drug-likeness (QED) is 0.736. The molecule has 1 N–H and O–H groups in total. The van der Waals surface area contributed by atoms with Gasteiger partial charge in [0.1, 0.15) is 0 Å². The molecule has 1 aliphatic rings. The van der Waals surface area contributed by atoms with Crippen LogP contribution in [0.3, 0.4) is 0 Å². The fourth-order valence-electron chi connectivity index (χ4n) is 2.56. The number of hydrogen-bond acceptors (Lipinski definition) is 1. The maximum Gasteiger partial charge on any atom is 0.220 e. The molecule has 2 heteroatoms. The van der Waals surface area contributed by atoms with Crippen molar-refractivity contribution in [2.75, 3.05) is 0 Å². The monoisotopic (exact) mass is 224 g/mol. The molecule has 0 heterocycles. The lowest BCUT2D eigenvalue weighted by Crippen LogP contribution is -2.33. The molecule has 0 aromatic rings. The summed E-state index contributed by atoms with van der Waals surface area (Å²) in [7, 11) is 0. The molecule has 0 bridgehead atoms.